The Balaban J connectivity index is 2.16. The maximum absolute atomic E-state index is 8.74. The van der Waals surface area contributed by atoms with Gasteiger partial charge in [-0.15, -0.1) is 0 Å². The van der Waals surface area contributed by atoms with Gasteiger partial charge in [0, 0.05) is 11.8 Å². The van der Waals surface area contributed by atoms with Crippen LogP contribution in [0.25, 0.3) is 22.4 Å². The smallest absolute Gasteiger partial charge is 0.232 e. The molecule has 0 saturated heterocycles. The fraction of sp³-hybridized carbons (Fsp3) is 0. The van der Waals surface area contributed by atoms with Crippen molar-refractivity contribution in [1.29, 1.82) is 5.26 Å². The zero-order valence-electron chi connectivity index (χ0n) is 8.66. The molecule has 3 aromatic rings. The largest absolute Gasteiger partial charge is 0.443 e. The highest BCUT2D eigenvalue weighted by Crippen LogP contribution is 2.21. The first-order valence-electron chi connectivity index (χ1n) is 4.93. The summed E-state index contributed by atoms with van der Waals surface area (Å²) in [7, 11) is 0. The van der Waals surface area contributed by atoms with Crippen LogP contribution in [0.5, 0.6) is 0 Å². The molecule has 0 atom stereocenters. The van der Waals surface area contributed by atoms with E-state index in [9.17, 15) is 0 Å². The molecule has 5 heteroatoms. The SMILES string of the molecule is N#Cc1nccc(-c2ccc3ncoc3c2)n1. The van der Waals surface area contributed by atoms with E-state index >= 15 is 0 Å². The highest BCUT2D eigenvalue weighted by atomic mass is 16.3. The Labute approximate surface area is 96.4 Å². The van der Waals surface area contributed by atoms with Crippen molar-refractivity contribution in [1.82, 2.24) is 15.0 Å². The molecule has 0 aliphatic carbocycles. The Morgan fingerprint density at radius 2 is 2.12 bits per heavy atom. The topological polar surface area (TPSA) is 75.6 Å². The van der Waals surface area contributed by atoms with Gasteiger partial charge in [-0.3, -0.25) is 0 Å². The molecule has 0 unspecified atom stereocenters. The van der Waals surface area contributed by atoms with Gasteiger partial charge < -0.3 is 4.42 Å². The van der Waals surface area contributed by atoms with Crippen molar-refractivity contribution in [3.8, 4) is 17.3 Å². The molecule has 3 rings (SSSR count). The maximum atomic E-state index is 8.74. The van der Waals surface area contributed by atoms with Crippen molar-refractivity contribution in [2.45, 2.75) is 0 Å². The van der Waals surface area contributed by atoms with E-state index in [0.29, 0.717) is 11.3 Å². The van der Waals surface area contributed by atoms with E-state index in [2.05, 4.69) is 15.0 Å². The Hall–Kier alpha value is -2.74. The minimum Gasteiger partial charge on any atom is -0.443 e. The predicted molar refractivity (Wildman–Crippen MR) is 59.8 cm³/mol. The Bertz CT molecular complexity index is 726. The van der Waals surface area contributed by atoms with E-state index in [1.807, 2.05) is 24.3 Å². The van der Waals surface area contributed by atoms with Crippen LogP contribution >= 0.6 is 0 Å². The zero-order valence-corrected chi connectivity index (χ0v) is 8.66. The molecule has 1 aromatic carbocycles. The van der Waals surface area contributed by atoms with Crippen LogP contribution in [0, 0.1) is 11.3 Å². The van der Waals surface area contributed by atoms with Gasteiger partial charge in [-0.2, -0.15) is 5.26 Å². The summed E-state index contributed by atoms with van der Waals surface area (Å²) >= 11 is 0. The van der Waals surface area contributed by atoms with Crippen molar-refractivity contribution in [2.75, 3.05) is 0 Å². The number of hydrogen-bond donors (Lipinski definition) is 0. The van der Waals surface area contributed by atoms with Gasteiger partial charge in [0.1, 0.15) is 11.6 Å². The first-order valence-corrected chi connectivity index (χ1v) is 4.93. The van der Waals surface area contributed by atoms with Gasteiger partial charge >= 0.3 is 0 Å². The van der Waals surface area contributed by atoms with E-state index in [-0.39, 0.29) is 5.82 Å². The summed E-state index contributed by atoms with van der Waals surface area (Å²) in [6.45, 7) is 0. The molecule has 2 aromatic heterocycles. The van der Waals surface area contributed by atoms with Crippen molar-refractivity contribution in [3.63, 3.8) is 0 Å². The number of nitrogens with zero attached hydrogens (tertiary/aromatic N) is 4. The van der Waals surface area contributed by atoms with E-state index in [1.165, 1.54) is 6.39 Å². The van der Waals surface area contributed by atoms with Crippen LogP contribution in [0.2, 0.25) is 0 Å². The molecular formula is C12H6N4O. The van der Waals surface area contributed by atoms with Crippen molar-refractivity contribution < 1.29 is 4.42 Å². The number of aromatic nitrogens is 3. The molecule has 0 fully saturated rings. The summed E-state index contributed by atoms with van der Waals surface area (Å²) < 4.78 is 5.22. The summed E-state index contributed by atoms with van der Waals surface area (Å²) in [5.74, 6) is 0.153. The summed E-state index contributed by atoms with van der Waals surface area (Å²) in [6.07, 6.45) is 2.96. The molecule has 17 heavy (non-hydrogen) atoms. The average Bonchev–Trinajstić information content (AvgIpc) is 2.86. The molecule has 80 valence electrons. The summed E-state index contributed by atoms with van der Waals surface area (Å²) in [5, 5.41) is 8.74. The highest BCUT2D eigenvalue weighted by molar-refractivity contribution is 5.78. The van der Waals surface area contributed by atoms with Gasteiger partial charge in [0.15, 0.2) is 12.0 Å². The van der Waals surface area contributed by atoms with Crippen LogP contribution in [0.3, 0.4) is 0 Å². The fourth-order valence-electron chi connectivity index (χ4n) is 1.59. The minimum atomic E-state index is 0.153. The third-order valence-corrected chi connectivity index (χ3v) is 2.38. The number of nitriles is 1. The van der Waals surface area contributed by atoms with Gasteiger partial charge in [0.25, 0.3) is 0 Å². The van der Waals surface area contributed by atoms with E-state index in [0.717, 1.165) is 11.1 Å². The Morgan fingerprint density at radius 1 is 1.18 bits per heavy atom. The van der Waals surface area contributed by atoms with Crippen LogP contribution < -0.4 is 0 Å². The van der Waals surface area contributed by atoms with Crippen molar-refractivity contribution in [3.05, 3.63) is 42.7 Å². The normalized spacial score (nSPS) is 10.3. The average molecular weight is 222 g/mol. The summed E-state index contributed by atoms with van der Waals surface area (Å²) in [5.41, 5.74) is 3.05. The second kappa shape index (κ2) is 3.68. The quantitative estimate of drug-likeness (QED) is 0.630. The molecule has 2 heterocycles. The van der Waals surface area contributed by atoms with E-state index in [4.69, 9.17) is 9.68 Å². The first-order chi connectivity index (χ1) is 8.36. The van der Waals surface area contributed by atoms with Gasteiger partial charge in [-0.05, 0) is 18.2 Å². The summed E-state index contributed by atoms with van der Waals surface area (Å²) in [4.78, 5) is 12.0. The molecule has 0 aliphatic heterocycles. The lowest BCUT2D eigenvalue weighted by molar-refractivity contribution is 0.602. The van der Waals surface area contributed by atoms with Gasteiger partial charge in [0.2, 0.25) is 5.82 Å². The van der Waals surface area contributed by atoms with Crippen LogP contribution in [0.4, 0.5) is 0 Å². The minimum absolute atomic E-state index is 0.153. The summed E-state index contributed by atoms with van der Waals surface area (Å²) in [6, 6.07) is 9.23. The van der Waals surface area contributed by atoms with Crippen LogP contribution in [-0.2, 0) is 0 Å². The molecule has 0 saturated carbocycles. The molecule has 0 radical (unpaired) electrons. The fourth-order valence-corrected chi connectivity index (χ4v) is 1.59. The monoisotopic (exact) mass is 222 g/mol. The first kappa shape index (κ1) is 9.48. The number of hydrogen-bond acceptors (Lipinski definition) is 5. The van der Waals surface area contributed by atoms with Crippen LogP contribution in [0.1, 0.15) is 5.82 Å². The number of oxazole rings is 1. The standard InChI is InChI=1S/C12H6N4O/c13-6-12-14-4-3-9(16-12)8-1-2-10-11(5-8)17-7-15-10/h1-5,7H. The second-order valence-electron chi connectivity index (χ2n) is 3.41. The number of rotatable bonds is 1. The second-order valence-corrected chi connectivity index (χ2v) is 3.41. The Morgan fingerprint density at radius 3 is 3.00 bits per heavy atom. The molecular weight excluding hydrogens is 216 g/mol. The maximum Gasteiger partial charge on any atom is 0.232 e. The molecule has 5 nitrogen and oxygen atoms in total. The van der Waals surface area contributed by atoms with Gasteiger partial charge in [0.05, 0.1) is 5.69 Å². The van der Waals surface area contributed by atoms with Crippen molar-refractivity contribution in [2.24, 2.45) is 0 Å². The predicted octanol–water partition coefficient (Wildman–Crippen LogP) is 2.16. The van der Waals surface area contributed by atoms with Crippen LogP contribution in [-0.4, -0.2) is 15.0 Å². The van der Waals surface area contributed by atoms with Crippen LogP contribution in [0.15, 0.2) is 41.3 Å². The molecule has 0 bridgehead atoms. The third-order valence-electron chi connectivity index (χ3n) is 2.38. The number of benzene rings is 1. The van der Waals surface area contributed by atoms with Gasteiger partial charge in [-0.25, -0.2) is 15.0 Å². The third kappa shape index (κ3) is 1.62. The number of fused-ring (bicyclic) bond motifs is 1. The molecule has 0 N–H and O–H groups in total. The zero-order chi connectivity index (χ0) is 11.7. The lowest BCUT2D eigenvalue weighted by atomic mass is 10.1. The van der Waals surface area contributed by atoms with Crippen molar-refractivity contribution >= 4 is 11.1 Å². The lowest BCUT2D eigenvalue weighted by Crippen LogP contribution is -1.90. The van der Waals surface area contributed by atoms with E-state index in [1.54, 1.807) is 12.3 Å². The highest BCUT2D eigenvalue weighted by Gasteiger charge is 2.05. The molecule has 0 aliphatic rings. The van der Waals surface area contributed by atoms with Gasteiger partial charge in [-0.1, -0.05) is 6.07 Å². The van der Waals surface area contributed by atoms with E-state index < -0.39 is 0 Å². The Kier molecular flexibility index (Phi) is 2.06. The molecule has 0 amide bonds. The molecule has 0 spiro atoms. The lowest BCUT2D eigenvalue weighted by Gasteiger charge is -1.99.